The Labute approximate surface area is 147 Å². The molecule has 7 heteroatoms. The molecule has 1 aromatic carbocycles. The van der Waals surface area contributed by atoms with Gasteiger partial charge in [-0.2, -0.15) is 4.31 Å². The van der Waals surface area contributed by atoms with E-state index >= 15 is 0 Å². The summed E-state index contributed by atoms with van der Waals surface area (Å²) in [6.45, 7) is 1.30. The Hall–Kier alpha value is -2.51. The first kappa shape index (κ1) is 17.3. The van der Waals surface area contributed by atoms with Crippen molar-refractivity contribution in [3.8, 4) is 0 Å². The predicted molar refractivity (Wildman–Crippen MR) is 96.1 cm³/mol. The van der Waals surface area contributed by atoms with E-state index in [-0.39, 0.29) is 19.0 Å². The zero-order valence-electron chi connectivity index (χ0n) is 13.7. The molecular formula is C18H19N3O3S. The smallest absolute Gasteiger partial charge is 0.255 e. The number of pyridine rings is 1. The van der Waals surface area contributed by atoms with Gasteiger partial charge >= 0.3 is 0 Å². The lowest BCUT2D eigenvalue weighted by Crippen LogP contribution is -2.50. The Kier molecular flexibility index (Phi) is 5.25. The minimum Gasteiger partial charge on any atom is -0.336 e. The van der Waals surface area contributed by atoms with Gasteiger partial charge in [0.05, 0.1) is 5.56 Å². The highest BCUT2D eigenvalue weighted by Crippen LogP contribution is 2.13. The van der Waals surface area contributed by atoms with Crippen LogP contribution in [0.4, 0.5) is 0 Å². The average molecular weight is 357 g/mol. The maximum atomic E-state index is 12.4. The van der Waals surface area contributed by atoms with Crippen LogP contribution in [-0.2, 0) is 10.0 Å². The summed E-state index contributed by atoms with van der Waals surface area (Å²) in [5, 5.41) is 1.22. The lowest BCUT2D eigenvalue weighted by Gasteiger charge is -2.33. The quantitative estimate of drug-likeness (QED) is 0.837. The minimum atomic E-state index is -3.49. The lowest BCUT2D eigenvalue weighted by molar-refractivity contribution is 0.0698. The number of rotatable bonds is 4. The van der Waals surface area contributed by atoms with Crippen LogP contribution in [-0.4, -0.2) is 54.7 Å². The van der Waals surface area contributed by atoms with Gasteiger partial charge in [0.25, 0.3) is 5.91 Å². The number of carbonyl (C=O) groups excluding carboxylic acids is 1. The fourth-order valence-corrected chi connectivity index (χ4v) is 3.81. The molecule has 1 amide bonds. The fraction of sp³-hybridized carbons (Fsp3) is 0.222. The number of hydrogen-bond acceptors (Lipinski definition) is 4. The summed E-state index contributed by atoms with van der Waals surface area (Å²) < 4.78 is 26.3. The molecule has 1 saturated heterocycles. The zero-order chi connectivity index (χ0) is 17.7. The summed E-state index contributed by atoms with van der Waals surface area (Å²) in [5.41, 5.74) is 1.35. The molecule has 25 heavy (non-hydrogen) atoms. The minimum absolute atomic E-state index is 0.120. The molecule has 3 rings (SSSR count). The van der Waals surface area contributed by atoms with E-state index in [4.69, 9.17) is 0 Å². The first-order valence-corrected chi connectivity index (χ1v) is 9.49. The molecule has 0 radical (unpaired) electrons. The Balaban J connectivity index is 1.61. The fourth-order valence-electron chi connectivity index (χ4n) is 2.63. The normalized spacial score (nSPS) is 16.2. The number of piperazine rings is 1. The topological polar surface area (TPSA) is 70.6 Å². The van der Waals surface area contributed by atoms with Crippen LogP contribution in [0, 0.1) is 0 Å². The summed E-state index contributed by atoms with van der Waals surface area (Å²) in [6, 6.07) is 12.7. The Morgan fingerprint density at radius 3 is 2.36 bits per heavy atom. The largest absolute Gasteiger partial charge is 0.336 e. The van der Waals surface area contributed by atoms with Crippen LogP contribution < -0.4 is 0 Å². The molecule has 0 N–H and O–H groups in total. The van der Waals surface area contributed by atoms with E-state index in [1.54, 1.807) is 29.3 Å². The van der Waals surface area contributed by atoms with Gasteiger partial charge in [-0.1, -0.05) is 30.3 Å². The van der Waals surface area contributed by atoms with E-state index in [9.17, 15) is 13.2 Å². The lowest BCUT2D eigenvalue weighted by atomic mass is 10.2. The van der Waals surface area contributed by atoms with Gasteiger partial charge in [-0.15, -0.1) is 0 Å². The number of hydrogen-bond donors (Lipinski definition) is 0. The van der Waals surface area contributed by atoms with Gasteiger partial charge in [0.2, 0.25) is 10.0 Å². The van der Waals surface area contributed by atoms with Crippen molar-refractivity contribution in [1.29, 1.82) is 0 Å². The molecule has 0 bridgehead atoms. The molecule has 1 aromatic heterocycles. The zero-order valence-corrected chi connectivity index (χ0v) is 14.5. The van der Waals surface area contributed by atoms with E-state index < -0.39 is 10.0 Å². The molecule has 1 aliphatic rings. The van der Waals surface area contributed by atoms with Crippen molar-refractivity contribution in [1.82, 2.24) is 14.2 Å². The number of nitrogens with zero attached hydrogens (tertiary/aromatic N) is 3. The number of sulfonamides is 1. The molecule has 0 unspecified atom stereocenters. The molecule has 2 heterocycles. The first-order chi connectivity index (χ1) is 12.1. The highest BCUT2D eigenvalue weighted by Gasteiger charge is 2.27. The van der Waals surface area contributed by atoms with Crippen LogP contribution in [0.25, 0.3) is 6.08 Å². The van der Waals surface area contributed by atoms with Crippen molar-refractivity contribution >= 4 is 22.0 Å². The van der Waals surface area contributed by atoms with Gasteiger partial charge in [0.1, 0.15) is 0 Å². The van der Waals surface area contributed by atoms with Crippen LogP contribution in [0.2, 0.25) is 0 Å². The van der Waals surface area contributed by atoms with E-state index in [0.717, 1.165) is 5.56 Å². The van der Waals surface area contributed by atoms with Crippen molar-refractivity contribution in [3.63, 3.8) is 0 Å². The van der Waals surface area contributed by atoms with E-state index in [1.165, 1.54) is 15.9 Å². The molecule has 1 aliphatic heterocycles. The molecule has 0 spiro atoms. The van der Waals surface area contributed by atoms with Crippen molar-refractivity contribution in [2.24, 2.45) is 0 Å². The standard InChI is InChI=1S/C18H19N3O3S/c22-18(17-7-4-9-19-15-17)20-10-12-21(13-11-20)25(23,24)14-8-16-5-2-1-3-6-16/h1-9,14-15H,10-13H2/b14-8+. The molecule has 1 fully saturated rings. The second kappa shape index (κ2) is 7.58. The summed E-state index contributed by atoms with van der Waals surface area (Å²) >= 11 is 0. The molecule has 2 aromatic rings. The maximum Gasteiger partial charge on any atom is 0.255 e. The third-order valence-electron chi connectivity index (χ3n) is 4.03. The molecule has 130 valence electrons. The van der Waals surface area contributed by atoms with E-state index in [1.807, 2.05) is 30.3 Å². The molecule has 0 atom stereocenters. The van der Waals surface area contributed by atoms with Crippen LogP contribution in [0.3, 0.4) is 0 Å². The first-order valence-electron chi connectivity index (χ1n) is 7.99. The maximum absolute atomic E-state index is 12.4. The highest BCUT2D eigenvalue weighted by molar-refractivity contribution is 7.92. The Morgan fingerprint density at radius 1 is 1.00 bits per heavy atom. The molecule has 0 saturated carbocycles. The third-order valence-corrected chi connectivity index (χ3v) is 5.59. The van der Waals surface area contributed by atoms with Crippen molar-refractivity contribution in [2.75, 3.05) is 26.2 Å². The summed E-state index contributed by atoms with van der Waals surface area (Å²) in [5.74, 6) is -0.120. The second-order valence-corrected chi connectivity index (χ2v) is 7.51. The van der Waals surface area contributed by atoms with Gasteiger partial charge in [0, 0.05) is 44.0 Å². The van der Waals surface area contributed by atoms with Gasteiger partial charge in [-0.25, -0.2) is 8.42 Å². The molecule has 6 nitrogen and oxygen atoms in total. The molecular weight excluding hydrogens is 338 g/mol. The highest BCUT2D eigenvalue weighted by atomic mass is 32.2. The number of benzene rings is 1. The summed E-state index contributed by atoms with van der Waals surface area (Å²) in [7, 11) is -3.49. The van der Waals surface area contributed by atoms with Crippen LogP contribution in [0.15, 0.2) is 60.3 Å². The number of carbonyl (C=O) groups is 1. The number of amides is 1. The van der Waals surface area contributed by atoms with E-state index in [0.29, 0.717) is 18.7 Å². The summed E-state index contributed by atoms with van der Waals surface area (Å²) in [4.78, 5) is 18.0. The summed E-state index contributed by atoms with van der Waals surface area (Å²) in [6.07, 6.45) is 4.72. The van der Waals surface area contributed by atoms with Crippen LogP contribution in [0.5, 0.6) is 0 Å². The number of aromatic nitrogens is 1. The monoisotopic (exact) mass is 357 g/mol. The van der Waals surface area contributed by atoms with Gasteiger partial charge < -0.3 is 4.90 Å². The SMILES string of the molecule is O=C(c1cccnc1)N1CCN(S(=O)(=O)/C=C/c2ccccc2)CC1. The van der Waals surface area contributed by atoms with Gasteiger partial charge in [-0.05, 0) is 23.8 Å². The van der Waals surface area contributed by atoms with E-state index in [2.05, 4.69) is 4.98 Å². The van der Waals surface area contributed by atoms with Gasteiger partial charge in [-0.3, -0.25) is 9.78 Å². The predicted octanol–water partition coefficient (Wildman–Crippen LogP) is 1.84. The van der Waals surface area contributed by atoms with Gasteiger partial charge in [0.15, 0.2) is 0 Å². The molecule has 0 aliphatic carbocycles. The van der Waals surface area contributed by atoms with Crippen molar-refractivity contribution < 1.29 is 13.2 Å². The Morgan fingerprint density at radius 2 is 1.72 bits per heavy atom. The van der Waals surface area contributed by atoms with Crippen LogP contribution in [0.1, 0.15) is 15.9 Å². The average Bonchev–Trinajstić information content (AvgIpc) is 2.67. The van der Waals surface area contributed by atoms with Crippen molar-refractivity contribution in [3.05, 3.63) is 71.4 Å². The third kappa shape index (κ3) is 4.32. The van der Waals surface area contributed by atoms with Crippen LogP contribution >= 0.6 is 0 Å². The Bertz CT molecular complexity index is 844. The van der Waals surface area contributed by atoms with Crippen molar-refractivity contribution in [2.45, 2.75) is 0 Å². The second-order valence-electron chi connectivity index (χ2n) is 5.69.